The molecule has 1 amide bonds. The molecular weight excluding hydrogens is 324 g/mol. The second-order valence-electron chi connectivity index (χ2n) is 6.12. The molecule has 1 aliphatic carbocycles. The Morgan fingerprint density at radius 1 is 1.29 bits per heavy atom. The van der Waals surface area contributed by atoms with Crippen LogP contribution in [0.25, 0.3) is 0 Å². The van der Waals surface area contributed by atoms with E-state index in [-0.39, 0.29) is 12.7 Å². The summed E-state index contributed by atoms with van der Waals surface area (Å²) in [7, 11) is 0. The van der Waals surface area contributed by atoms with Gasteiger partial charge in [0, 0.05) is 29.0 Å². The molecule has 2 aromatic rings. The minimum absolute atomic E-state index is 0.0651. The number of rotatable bonds is 4. The Morgan fingerprint density at radius 3 is 3.12 bits per heavy atom. The highest BCUT2D eigenvalue weighted by atomic mass is 32.1. The largest absolute Gasteiger partial charge is 0.467 e. The average Bonchev–Trinajstić information content (AvgIpc) is 3.04. The number of aryl methyl sites for hydroxylation is 2. The van der Waals surface area contributed by atoms with Gasteiger partial charge < -0.3 is 14.8 Å². The summed E-state index contributed by atoms with van der Waals surface area (Å²) in [5.74, 6) is 0.732. The molecule has 0 saturated carbocycles. The minimum atomic E-state index is -0.0651. The summed E-state index contributed by atoms with van der Waals surface area (Å²) in [6, 6.07) is 5.47. The monoisotopic (exact) mass is 344 g/mol. The van der Waals surface area contributed by atoms with Crippen LogP contribution in [-0.4, -0.2) is 24.2 Å². The number of carbonyl (C=O) groups excluding carboxylic acids is 1. The number of ether oxygens (including phenoxy) is 2. The van der Waals surface area contributed by atoms with Crippen molar-refractivity contribution in [1.29, 1.82) is 0 Å². The van der Waals surface area contributed by atoms with E-state index in [1.54, 1.807) is 17.4 Å². The third kappa shape index (κ3) is 3.30. The van der Waals surface area contributed by atoms with Crippen LogP contribution in [0, 0.1) is 0 Å². The second kappa shape index (κ2) is 6.91. The van der Waals surface area contributed by atoms with Crippen molar-refractivity contribution < 1.29 is 14.3 Å². The molecule has 24 heavy (non-hydrogen) atoms. The van der Waals surface area contributed by atoms with Gasteiger partial charge in [0.05, 0.1) is 17.3 Å². The molecule has 0 radical (unpaired) electrons. The Balaban J connectivity index is 1.34. The molecule has 2 aliphatic rings. The van der Waals surface area contributed by atoms with E-state index >= 15 is 0 Å². The van der Waals surface area contributed by atoms with E-state index in [2.05, 4.69) is 5.32 Å². The van der Waals surface area contributed by atoms with E-state index in [9.17, 15) is 4.79 Å². The third-order valence-electron chi connectivity index (χ3n) is 4.39. The number of aromatic nitrogens is 1. The zero-order chi connectivity index (χ0) is 16.4. The summed E-state index contributed by atoms with van der Waals surface area (Å²) < 4.78 is 10.6. The number of hydrogen-bond acceptors (Lipinski definition) is 5. The summed E-state index contributed by atoms with van der Waals surface area (Å²) in [6.07, 6.45) is 5.59. The molecule has 1 aliphatic heterocycles. The van der Waals surface area contributed by atoms with E-state index in [1.807, 2.05) is 12.1 Å². The maximum Gasteiger partial charge on any atom is 0.251 e. The molecule has 1 N–H and O–H groups in total. The highest BCUT2D eigenvalue weighted by molar-refractivity contribution is 7.11. The Labute approximate surface area is 145 Å². The topological polar surface area (TPSA) is 60.5 Å². The first-order valence-electron chi connectivity index (χ1n) is 8.39. The third-order valence-corrected chi connectivity index (χ3v) is 5.61. The van der Waals surface area contributed by atoms with Crippen molar-refractivity contribution in [2.24, 2.45) is 0 Å². The molecule has 0 fully saturated rings. The van der Waals surface area contributed by atoms with E-state index in [1.165, 1.54) is 29.8 Å². The predicted octanol–water partition coefficient (Wildman–Crippen LogP) is 2.86. The number of thiazole rings is 1. The lowest BCUT2D eigenvalue weighted by atomic mass is 10.0. The van der Waals surface area contributed by atoms with Crippen molar-refractivity contribution in [3.8, 4) is 5.75 Å². The molecule has 2 heterocycles. The molecule has 126 valence electrons. The molecule has 6 heteroatoms. The van der Waals surface area contributed by atoms with E-state index in [0.717, 1.165) is 29.2 Å². The first-order valence-corrected chi connectivity index (χ1v) is 9.20. The van der Waals surface area contributed by atoms with Crippen molar-refractivity contribution in [1.82, 2.24) is 10.3 Å². The fourth-order valence-electron chi connectivity index (χ4n) is 3.13. The number of carbonyl (C=O) groups is 1. The SMILES string of the molecule is O=C(NCCc1nc2c(s1)CCCC2)c1ccc2c(c1)COCO2. The highest BCUT2D eigenvalue weighted by Crippen LogP contribution is 2.27. The molecule has 5 nitrogen and oxygen atoms in total. The Bertz CT molecular complexity index is 733. The van der Waals surface area contributed by atoms with Gasteiger partial charge >= 0.3 is 0 Å². The van der Waals surface area contributed by atoms with Gasteiger partial charge in [0.1, 0.15) is 5.75 Å². The van der Waals surface area contributed by atoms with Crippen LogP contribution >= 0.6 is 11.3 Å². The quantitative estimate of drug-likeness (QED) is 0.926. The Morgan fingerprint density at radius 2 is 2.21 bits per heavy atom. The van der Waals surface area contributed by atoms with Crippen LogP contribution in [0.2, 0.25) is 0 Å². The van der Waals surface area contributed by atoms with Crippen molar-refractivity contribution >= 4 is 17.2 Å². The molecule has 0 unspecified atom stereocenters. The van der Waals surface area contributed by atoms with Gasteiger partial charge in [-0.3, -0.25) is 4.79 Å². The number of amides is 1. The average molecular weight is 344 g/mol. The first kappa shape index (κ1) is 15.6. The van der Waals surface area contributed by atoms with Crippen molar-refractivity contribution in [3.63, 3.8) is 0 Å². The lowest BCUT2D eigenvalue weighted by molar-refractivity contribution is -0.0163. The Hall–Kier alpha value is -1.92. The molecule has 1 aromatic heterocycles. The van der Waals surface area contributed by atoms with Crippen molar-refractivity contribution in [3.05, 3.63) is 44.9 Å². The van der Waals surface area contributed by atoms with Gasteiger partial charge in [0.2, 0.25) is 0 Å². The summed E-state index contributed by atoms with van der Waals surface area (Å²) in [6.45, 7) is 1.37. The zero-order valence-electron chi connectivity index (χ0n) is 13.5. The van der Waals surface area contributed by atoms with Gasteiger partial charge in [-0.05, 0) is 43.9 Å². The van der Waals surface area contributed by atoms with Crippen LogP contribution in [0.15, 0.2) is 18.2 Å². The van der Waals surface area contributed by atoms with Gasteiger partial charge in [-0.1, -0.05) is 0 Å². The lowest BCUT2D eigenvalue weighted by Crippen LogP contribution is -2.26. The van der Waals surface area contributed by atoms with E-state index in [0.29, 0.717) is 18.7 Å². The van der Waals surface area contributed by atoms with Gasteiger partial charge in [0.25, 0.3) is 5.91 Å². The van der Waals surface area contributed by atoms with Crippen LogP contribution in [0.3, 0.4) is 0 Å². The molecular formula is C18H20N2O3S. The van der Waals surface area contributed by atoms with Gasteiger partial charge in [-0.2, -0.15) is 0 Å². The second-order valence-corrected chi connectivity index (χ2v) is 7.29. The van der Waals surface area contributed by atoms with Gasteiger partial charge in [0.15, 0.2) is 6.79 Å². The van der Waals surface area contributed by atoms with Crippen LogP contribution < -0.4 is 10.1 Å². The fourth-order valence-corrected chi connectivity index (χ4v) is 4.28. The molecule has 0 spiro atoms. The maximum atomic E-state index is 12.3. The van der Waals surface area contributed by atoms with Crippen LogP contribution in [0.1, 0.15) is 44.3 Å². The first-order chi connectivity index (χ1) is 11.8. The summed E-state index contributed by atoms with van der Waals surface area (Å²) in [4.78, 5) is 18.5. The Kier molecular flexibility index (Phi) is 4.49. The van der Waals surface area contributed by atoms with Crippen LogP contribution in [0.4, 0.5) is 0 Å². The lowest BCUT2D eigenvalue weighted by Gasteiger charge is -2.18. The number of hydrogen-bond donors (Lipinski definition) is 1. The molecule has 1 aromatic carbocycles. The predicted molar refractivity (Wildman–Crippen MR) is 91.5 cm³/mol. The number of nitrogens with zero attached hydrogens (tertiary/aromatic N) is 1. The van der Waals surface area contributed by atoms with Gasteiger partial charge in [-0.15, -0.1) is 11.3 Å². The number of fused-ring (bicyclic) bond motifs is 2. The van der Waals surface area contributed by atoms with Gasteiger partial charge in [-0.25, -0.2) is 4.98 Å². The van der Waals surface area contributed by atoms with E-state index in [4.69, 9.17) is 14.5 Å². The van der Waals surface area contributed by atoms with E-state index < -0.39 is 0 Å². The molecule has 0 atom stereocenters. The summed E-state index contributed by atoms with van der Waals surface area (Å²) >= 11 is 1.81. The van der Waals surface area contributed by atoms with Crippen molar-refractivity contribution in [2.75, 3.05) is 13.3 Å². The summed E-state index contributed by atoms with van der Waals surface area (Å²) in [5, 5.41) is 4.11. The summed E-state index contributed by atoms with van der Waals surface area (Å²) in [5.41, 5.74) is 2.84. The standard InChI is InChI=1S/C18H20N2O3S/c21-18(12-5-6-15-13(9-12)10-22-11-23-15)19-8-7-17-20-14-3-1-2-4-16(14)24-17/h5-6,9H,1-4,7-8,10-11H2,(H,19,21). The maximum absolute atomic E-state index is 12.3. The minimum Gasteiger partial charge on any atom is -0.467 e. The fraction of sp³-hybridized carbons (Fsp3) is 0.444. The van der Waals surface area contributed by atoms with Crippen LogP contribution in [-0.2, 0) is 30.6 Å². The molecule has 0 saturated heterocycles. The zero-order valence-corrected chi connectivity index (χ0v) is 14.3. The normalized spacial score (nSPS) is 16.0. The molecule has 0 bridgehead atoms. The molecule has 4 rings (SSSR count). The van der Waals surface area contributed by atoms with Crippen LogP contribution in [0.5, 0.6) is 5.75 Å². The number of benzene rings is 1. The van der Waals surface area contributed by atoms with Crippen molar-refractivity contribution in [2.45, 2.75) is 38.7 Å². The smallest absolute Gasteiger partial charge is 0.251 e. The number of nitrogens with one attached hydrogen (secondary N) is 1. The highest BCUT2D eigenvalue weighted by Gasteiger charge is 2.16.